The van der Waals surface area contributed by atoms with E-state index in [0.29, 0.717) is 57.0 Å². The number of halogens is 1. The molecule has 4 heterocycles. The quantitative estimate of drug-likeness (QED) is 0.110. The molecule has 0 saturated heterocycles. The van der Waals surface area contributed by atoms with Crippen LogP contribution in [0.1, 0.15) is 110 Å². The van der Waals surface area contributed by atoms with Gasteiger partial charge >= 0.3 is 7.12 Å². The van der Waals surface area contributed by atoms with Gasteiger partial charge in [0.1, 0.15) is 11.4 Å². The predicted octanol–water partition coefficient (Wildman–Crippen LogP) is 17.7. The number of nitriles is 2. The fraction of sp³-hybridized carbons (Fsp3) is 0.233. The lowest BCUT2D eigenvalue weighted by Gasteiger charge is -2.63. The molecule has 2 N–H and O–H groups in total. The van der Waals surface area contributed by atoms with E-state index in [1.54, 1.807) is 12.4 Å². The average molecular weight is 1370 g/mol. The molecule has 8 aliphatic rings. The first-order chi connectivity index (χ1) is 48.9. The van der Waals surface area contributed by atoms with Gasteiger partial charge in [0.05, 0.1) is 23.3 Å². The molecule has 0 amide bonds. The summed E-state index contributed by atoms with van der Waals surface area (Å²) in [6.07, 6.45) is 19.2. The van der Waals surface area contributed by atoms with Crippen LogP contribution in [-0.2, 0) is 21.7 Å². The molecule has 0 spiro atoms. The fourth-order valence-electron chi connectivity index (χ4n) is 18.8. The Morgan fingerprint density at radius 1 is 0.330 bits per heavy atom. The number of hydrogen-bond acceptors (Lipinski definition) is 12. The van der Waals surface area contributed by atoms with Crippen molar-refractivity contribution in [3.8, 4) is 91.9 Å². The van der Waals surface area contributed by atoms with Crippen LogP contribution in [0.4, 0.5) is 0 Å². The molecule has 8 saturated carbocycles. The molecule has 12 aromatic rings. The molecule has 4 atom stereocenters. The van der Waals surface area contributed by atoms with Gasteiger partial charge in [-0.1, -0.05) is 198 Å². The zero-order valence-corrected chi connectivity index (χ0v) is 57.0. The van der Waals surface area contributed by atoms with Crippen LogP contribution < -0.4 is 5.46 Å². The van der Waals surface area contributed by atoms with E-state index in [0.717, 1.165) is 67.3 Å². The largest absolute Gasteiger partial charge is 0.488 e. The van der Waals surface area contributed by atoms with Crippen molar-refractivity contribution < 1.29 is 10.0 Å². The van der Waals surface area contributed by atoms with Crippen molar-refractivity contribution in [2.45, 2.75) is 98.7 Å². The lowest BCUT2D eigenvalue weighted by molar-refractivity contribution is -0.0282. The predicted molar refractivity (Wildman–Crippen MR) is 396 cm³/mol. The summed E-state index contributed by atoms with van der Waals surface area (Å²) in [4.78, 5) is 38.3. The van der Waals surface area contributed by atoms with Crippen LogP contribution in [0.15, 0.2) is 260 Å². The minimum absolute atomic E-state index is 0.196. The van der Waals surface area contributed by atoms with Crippen LogP contribution >= 0.6 is 15.9 Å². The Bertz CT molecular complexity index is 4840. The Balaban J connectivity index is 0.000000136. The molecule has 8 aromatic carbocycles. The maximum absolute atomic E-state index is 9.19. The number of hydrogen-bond donors (Lipinski definition) is 2. The Kier molecular flexibility index (Phi) is 17.3. The zero-order valence-electron chi connectivity index (χ0n) is 55.4. The molecule has 12 nitrogen and oxygen atoms in total. The molecule has 8 aliphatic carbocycles. The molecule has 0 aliphatic heterocycles. The first-order valence-electron chi connectivity index (χ1n) is 34.8. The second-order valence-electron chi connectivity index (χ2n) is 28.9. The van der Waals surface area contributed by atoms with Crippen molar-refractivity contribution in [3.05, 3.63) is 293 Å². The van der Waals surface area contributed by atoms with Gasteiger partial charge in [0.15, 0.2) is 34.9 Å². The Labute approximate surface area is 592 Å². The van der Waals surface area contributed by atoms with Crippen LogP contribution in [0, 0.1) is 46.3 Å². The first kappa shape index (κ1) is 64.2. The van der Waals surface area contributed by atoms with Crippen molar-refractivity contribution in [2.75, 3.05) is 0 Å². The van der Waals surface area contributed by atoms with Gasteiger partial charge in [-0.15, -0.1) is 0 Å². The van der Waals surface area contributed by atoms with Gasteiger partial charge in [-0.05, 0) is 222 Å². The maximum Gasteiger partial charge on any atom is 0.488 e. The van der Waals surface area contributed by atoms with Crippen molar-refractivity contribution in [1.82, 2.24) is 39.9 Å². The van der Waals surface area contributed by atoms with E-state index < -0.39 is 7.12 Å². The van der Waals surface area contributed by atoms with E-state index in [1.165, 1.54) is 129 Å². The van der Waals surface area contributed by atoms with E-state index in [-0.39, 0.29) is 16.2 Å². The standard InChI is InChI=1S/C43H35N5.C36H31BrN4.C7H6BNO2/c44-27-29-9-11-32(12-10-29)33-13-17-36(18-14-33)42-23-30-22-31(24-42)26-43(25-30,28-42)37-19-15-35(16-20-37)40-46-39(34-6-2-1-3-7-34)47-41(48-40)38-8-4-5-21-45-38;37-30-15-13-29(14-16-30)36-21-24-18-25(22-36)20-35(19-24,23-36)28-11-9-27(10-12-28)33-39-32(26-6-2-1-3-7-26)40-34(41-33)31-8-4-5-17-38-31;9-5-6-1-3-7(4-2-6)8(10)11/h1-21,30-31H,22-26,28H2;1-17,24-25H,18-23H2;1-4,10-11H. The van der Waals surface area contributed by atoms with E-state index in [2.05, 4.69) is 141 Å². The Morgan fingerprint density at radius 2 is 0.620 bits per heavy atom. The van der Waals surface area contributed by atoms with Gasteiger partial charge in [0, 0.05) is 39.1 Å². The van der Waals surface area contributed by atoms with Gasteiger partial charge in [-0.2, -0.15) is 10.5 Å². The summed E-state index contributed by atoms with van der Waals surface area (Å²) in [6.45, 7) is 0. The second kappa shape index (κ2) is 27.0. The molecule has 4 unspecified atom stereocenters. The summed E-state index contributed by atoms with van der Waals surface area (Å²) in [5, 5.41) is 34.9. The molecular weight excluding hydrogens is 1300 g/mol. The van der Waals surface area contributed by atoms with Crippen molar-refractivity contribution in [3.63, 3.8) is 0 Å². The summed E-state index contributed by atoms with van der Waals surface area (Å²) in [5.74, 6) is 7.01. The van der Waals surface area contributed by atoms with E-state index >= 15 is 0 Å². The van der Waals surface area contributed by atoms with Crippen LogP contribution in [0.25, 0.3) is 79.7 Å². The van der Waals surface area contributed by atoms with Crippen LogP contribution in [-0.4, -0.2) is 57.0 Å². The SMILES string of the molecule is Brc1ccc(C23CC4CC(C2)CC(c2ccc(-c5nc(-c6ccccc6)nc(-c6ccccn6)n5)cc2)(C4)C3)cc1.N#Cc1ccc(-c2ccc(C34CC5CC(C3)CC(c3ccc(-c6nc(-c7ccccc7)nc(-c7ccccn7)n6)cc3)(C5)C4)cc2)cc1.N#Cc1ccc(B(O)O)cc1. The van der Waals surface area contributed by atoms with Gasteiger partial charge in [0.25, 0.3) is 0 Å². The molecule has 488 valence electrons. The molecule has 14 heteroatoms. The van der Waals surface area contributed by atoms with Crippen LogP contribution in [0.2, 0.25) is 0 Å². The third-order valence-electron chi connectivity index (χ3n) is 22.4. The monoisotopic (exact) mass is 1370 g/mol. The van der Waals surface area contributed by atoms with Crippen LogP contribution in [0.5, 0.6) is 0 Å². The summed E-state index contributed by atoms with van der Waals surface area (Å²) in [5.41, 5.74) is 16.3. The Morgan fingerprint density at radius 3 is 0.940 bits per heavy atom. The lowest BCUT2D eigenvalue weighted by Crippen LogP contribution is -2.55. The molecule has 8 fully saturated rings. The van der Waals surface area contributed by atoms with E-state index in [4.69, 9.17) is 45.2 Å². The maximum atomic E-state index is 9.19. The number of rotatable bonds is 12. The summed E-state index contributed by atoms with van der Waals surface area (Å²) in [6, 6.07) is 86.9. The van der Waals surface area contributed by atoms with Gasteiger partial charge in [-0.25, -0.2) is 29.9 Å². The van der Waals surface area contributed by atoms with E-state index in [9.17, 15) is 5.26 Å². The third-order valence-corrected chi connectivity index (χ3v) is 22.9. The molecular formula is C86H72BBrN10O2. The molecule has 0 radical (unpaired) electrons. The minimum Gasteiger partial charge on any atom is -0.423 e. The van der Waals surface area contributed by atoms with Gasteiger partial charge < -0.3 is 10.0 Å². The zero-order chi connectivity index (χ0) is 67.8. The van der Waals surface area contributed by atoms with Crippen molar-refractivity contribution >= 4 is 28.5 Å². The highest BCUT2D eigenvalue weighted by Gasteiger charge is 2.60. The smallest absolute Gasteiger partial charge is 0.423 e. The summed E-state index contributed by atoms with van der Waals surface area (Å²) >= 11 is 3.65. The highest BCUT2D eigenvalue weighted by Crippen LogP contribution is 2.68. The van der Waals surface area contributed by atoms with Gasteiger partial charge in [-0.3, -0.25) is 9.97 Å². The minimum atomic E-state index is -1.46. The number of pyridine rings is 2. The Hall–Kier alpha value is -10.5. The molecule has 8 bridgehead atoms. The van der Waals surface area contributed by atoms with Crippen molar-refractivity contribution in [2.24, 2.45) is 23.7 Å². The highest BCUT2D eigenvalue weighted by molar-refractivity contribution is 9.10. The number of benzene rings is 8. The topological polar surface area (TPSA) is 191 Å². The van der Waals surface area contributed by atoms with E-state index in [1.807, 2.05) is 115 Å². The molecule has 4 aromatic heterocycles. The summed E-state index contributed by atoms with van der Waals surface area (Å²) < 4.78 is 1.16. The number of nitrogens with zero attached hydrogens (tertiary/aromatic N) is 10. The average Bonchev–Trinajstić information content (AvgIpc) is 0.712. The van der Waals surface area contributed by atoms with Crippen molar-refractivity contribution in [1.29, 1.82) is 10.5 Å². The second-order valence-corrected chi connectivity index (χ2v) is 29.8. The highest BCUT2D eigenvalue weighted by atomic mass is 79.9. The fourth-order valence-corrected chi connectivity index (χ4v) is 19.0. The van der Waals surface area contributed by atoms with Gasteiger partial charge in [0.2, 0.25) is 0 Å². The molecule has 100 heavy (non-hydrogen) atoms. The lowest BCUT2D eigenvalue weighted by atomic mass is 9.41. The third kappa shape index (κ3) is 12.9. The first-order valence-corrected chi connectivity index (χ1v) is 35.6. The van der Waals surface area contributed by atoms with Crippen LogP contribution in [0.3, 0.4) is 0 Å². The number of aromatic nitrogens is 8. The molecule has 20 rings (SSSR count). The normalized spacial score (nSPS) is 23.2. The summed E-state index contributed by atoms with van der Waals surface area (Å²) in [7, 11) is -1.46.